The lowest BCUT2D eigenvalue weighted by atomic mass is 9.87. The molecule has 0 radical (unpaired) electrons. The standard InChI is InChI=1S/C26H27NO5/c1-31-26(30)24-22-15-13-20(16-23(24)32-25(29)19-10-6-3-7-11-19)27(22)17-21(28)14-12-18-8-4-2-5-9-18/h2-12,14,20,22-24H,13,15-17H2,1H3/t20-,22+,23?,24?/m0/s1. The fourth-order valence-electron chi connectivity index (χ4n) is 4.85. The van der Waals surface area contributed by atoms with E-state index in [-0.39, 0.29) is 24.4 Å². The number of carbonyl (C=O) groups is 3. The van der Waals surface area contributed by atoms with Gasteiger partial charge in [-0.25, -0.2) is 4.79 Å². The molecule has 6 heteroatoms. The Kier molecular flexibility index (Phi) is 6.81. The monoisotopic (exact) mass is 433 g/mol. The molecule has 0 amide bonds. The molecule has 0 aliphatic carbocycles. The predicted molar refractivity (Wildman–Crippen MR) is 120 cm³/mol. The number of esters is 2. The molecular weight excluding hydrogens is 406 g/mol. The molecule has 4 atom stereocenters. The first kappa shape index (κ1) is 22.0. The van der Waals surface area contributed by atoms with Crippen LogP contribution in [-0.2, 0) is 19.1 Å². The predicted octanol–water partition coefficient (Wildman–Crippen LogP) is 3.52. The van der Waals surface area contributed by atoms with Crippen LogP contribution >= 0.6 is 0 Å². The van der Waals surface area contributed by atoms with Gasteiger partial charge in [-0.3, -0.25) is 14.5 Å². The van der Waals surface area contributed by atoms with Gasteiger partial charge in [0.05, 0.1) is 19.2 Å². The van der Waals surface area contributed by atoms with Crippen molar-refractivity contribution in [1.29, 1.82) is 0 Å². The first-order valence-corrected chi connectivity index (χ1v) is 10.9. The highest BCUT2D eigenvalue weighted by molar-refractivity contribution is 5.95. The second kappa shape index (κ2) is 9.92. The van der Waals surface area contributed by atoms with Crippen LogP contribution in [0.25, 0.3) is 6.08 Å². The molecule has 4 rings (SSSR count). The SMILES string of the molecule is COC(=O)C1C(OC(=O)c2ccccc2)C[C@@H]2CC[C@H]1N2CC(=O)C=Cc1ccccc1. The number of hydrogen-bond acceptors (Lipinski definition) is 6. The van der Waals surface area contributed by atoms with Crippen molar-refractivity contribution in [2.45, 2.75) is 37.5 Å². The summed E-state index contributed by atoms with van der Waals surface area (Å²) in [6.45, 7) is 0.228. The molecule has 2 fully saturated rings. The summed E-state index contributed by atoms with van der Waals surface area (Å²) in [5, 5.41) is 0. The Balaban J connectivity index is 1.47. The zero-order valence-electron chi connectivity index (χ0n) is 18.1. The van der Waals surface area contributed by atoms with E-state index < -0.39 is 24.0 Å². The molecule has 2 bridgehead atoms. The number of hydrogen-bond donors (Lipinski definition) is 0. The lowest BCUT2D eigenvalue weighted by Crippen LogP contribution is -2.56. The molecule has 2 aliphatic heterocycles. The second-order valence-electron chi connectivity index (χ2n) is 8.28. The third-order valence-corrected chi connectivity index (χ3v) is 6.35. The average Bonchev–Trinajstić information content (AvgIpc) is 3.09. The molecule has 0 aromatic heterocycles. The highest BCUT2D eigenvalue weighted by atomic mass is 16.6. The van der Waals surface area contributed by atoms with Crippen molar-refractivity contribution >= 4 is 23.8 Å². The van der Waals surface area contributed by atoms with Gasteiger partial charge in [0.25, 0.3) is 0 Å². The number of carbonyl (C=O) groups excluding carboxylic acids is 3. The molecule has 0 N–H and O–H groups in total. The Hall–Kier alpha value is -3.25. The topological polar surface area (TPSA) is 72.9 Å². The summed E-state index contributed by atoms with van der Waals surface area (Å²) >= 11 is 0. The zero-order chi connectivity index (χ0) is 22.5. The first-order valence-electron chi connectivity index (χ1n) is 10.9. The van der Waals surface area contributed by atoms with Crippen LogP contribution in [0.5, 0.6) is 0 Å². The minimum absolute atomic E-state index is 0.0194. The lowest BCUT2D eigenvalue weighted by molar-refractivity contribution is -0.157. The van der Waals surface area contributed by atoms with Gasteiger partial charge >= 0.3 is 11.9 Å². The van der Waals surface area contributed by atoms with Gasteiger partial charge in [-0.1, -0.05) is 54.6 Å². The number of piperidine rings is 1. The molecule has 0 saturated carbocycles. The highest BCUT2D eigenvalue weighted by Gasteiger charge is 2.52. The number of nitrogens with zero attached hydrogens (tertiary/aromatic N) is 1. The van der Waals surface area contributed by atoms with Crippen LogP contribution in [0.2, 0.25) is 0 Å². The largest absolute Gasteiger partial charge is 0.469 e. The van der Waals surface area contributed by atoms with Crippen molar-refractivity contribution in [2.24, 2.45) is 5.92 Å². The summed E-state index contributed by atoms with van der Waals surface area (Å²) in [6.07, 6.45) is 4.94. The maximum atomic E-state index is 12.7. The molecule has 32 heavy (non-hydrogen) atoms. The van der Waals surface area contributed by atoms with Crippen LogP contribution in [0.4, 0.5) is 0 Å². The van der Waals surface area contributed by atoms with E-state index in [1.807, 2.05) is 36.4 Å². The number of fused-ring (bicyclic) bond motifs is 2. The van der Waals surface area contributed by atoms with Crippen LogP contribution in [0, 0.1) is 5.92 Å². The number of rotatable bonds is 7. The van der Waals surface area contributed by atoms with Crippen LogP contribution < -0.4 is 0 Å². The van der Waals surface area contributed by atoms with Gasteiger partial charge in [0.1, 0.15) is 12.0 Å². The summed E-state index contributed by atoms with van der Waals surface area (Å²) in [5.41, 5.74) is 1.41. The fraction of sp³-hybridized carbons (Fsp3) is 0.346. The van der Waals surface area contributed by atoms with Crippen LogP contribution in [0.15, 0.2) is 66.7 Å². The fourth-order valence-corrected chi connectivity index (χ4v) is 4.85. The van der Waals surface area contributed by atoms with Gasteiger partial charge in [0.15, 0.2) is 5.78 Å². The third-order valence-electron chi connectivity index (χ3n) is 6.35. The van der Waals surface area contributed by atoms with Crippen molar-refractivity contribution in [3.8, 4) is 0 Å². The Morgan fingerprint density at radius 1 is 1.00 bits per heavy atom. The summed E-state index contributed by atoms with van der Waals surface area (Å²) < 4.78 is 10.8. The molecule has 166 valence electrons. The van der Waals surface area contributed by atoms with E-state index in [0.29, 0.717) is 12.0 Å². The van der Waals surface area contributed by atoms with Crippen molar-refractivity contribution in [2.75, 3.05) is 13.7 Å². The van der Waals surface area contributed by atoms with Crippen molar-refractivity contribution in [1.82, 2.24) is 4.90 Å². The second-order valence-corrected chi connectivity index (χ2v) is 8.28. The van der Waals surface area contributed by atoms with Gasteiger partial charge in [-0.2, -0.15) is 0 Å². The average molecular weight is 434 g/mol. The molecule has 2 unspecified atom stereocenters. The molecule has 0 spiro atoms. The minimum Gasteiger partial charge on any atom is -0.469 e. The smallest absolute Gasteiger partial charge is 0.338 e. The van der Waals surface area contributed by atoms with Crippen molar-refractivity contribution in [3.05, 3.63) is 77.9 Å². The van der Waals surface area contributed by atoms with E-state index in [1.54, 1.807) is 36.4 Å². The van der Waals surface area contributed by atoms with E-state index in [0.717, 1.165) is 18.4 Å². The first-order chi connectivity index (χ1) is 15.6. The number of ether oxygens (including phenoxy) is 2. The maximum Gasteiger partial charge on any atom is 0.338 e. The Labute approximate surface area is 187 Å². The summed E-state index contributed by atoms with van der Waals surface area (Å²) in [7, 11) is 1.34. The van der Waals surface area contributed by atoms with Crippen LogP contribution in [0.3, 0.4) is 0 Å². The highest BCUT2D eigenvalue weighted by Crippen LogP contribution is 2.41. The molecule has 2 heterocycles. The van der Waals surface area contributed by atoms with Gasteiger partial charge in [-0.15, -0.1) is 0 Å². The normalized spacial score (nSPS) is 24.9. The Morgan fingerprint density at radius 3 is 2.38 bits per heavy atom. The zero-order valence-corrected chi connectivity index (χ0v) is 18.1. The summed E-state index contributed by atoms with van der Waals surface area (Å²) in [6, 6.07) is 18.3. The molecule has 2 aromatic rings. The van der Waals surface area contributed by atoms with Crippen LogP contribution in [-0.4, -0.2) is 54.5 Å². The van der Waals surface area contributed by atoms with E-state index >= 15 is 0 Å². The quantitative estimate of drug-likeness (QED) is 0.491. The minimum atomic E-state index is -0.614. The maximum absolute atomic E-state index is 12.7. The summed E-state index contributed by atoms with van der Waals surface area (Å²) in [5.74, 6) is -1.48. The third kappa shape index (κ3) is 4.81. The van der Waals surface area contributed by atoms with Gasteiger partial charge in [0.2, 0.25) is 0 Å². The van der Waals surface area contributed by atoms with E-state index in [9.17, 15) is 14.4 Å². The number of methoxy groups -OCH3 is 1. The van der Waals surface area contributed by atoms with E-state index in [1.165, 1.54) is 7.11 Å². The number of ketones is 1. The summed E-state index contributed by atoms with van der Waals surface area (Å²) in [4.78, 5) is 40.1. The van der Waals surface area contributed by atoms with Crippen molar-refractivity contribution in [3.63, 3.8) is 0 Å². The van der Waals surface area contributed by atoms with Crippen LogP contribution in [0.1, 0.15) is 35.2 Å². The van der Waals surface area contributed by atoms with Gasteiger partial charge < -0.3 is 9.47 Å². The van der Waals surface area contributed by atoms with Gasteiger partial charge in [0, 0.05) is 18.5 Å². The van der Waals surface area contributed by atoms with E-state index in [2.05, 4.69) is 4.90 Å². The molecule has 2 aliphatic rings. The molecule has 6 nitrogen and oxygen atoms in total. The number of benzene rings is 2. The van der Waals surface area contributed by atoms with E-state index in [4.69, 9.17) is 9.47 Å². The molecule has 2 saturated heterocycles. The molecular formula is C26H27NO5. The lowest BCUT2D eigenvalue weighted by Gasteiger charge is -2.42. The Morgan fingerprint density at radius 2 is 1.69 bits per heavy atom. The molecule has 2 aromatic carbocycles. The Bertz CT molecular complexity index is 988. The van der Waals surface area contributed by atoms with Gasteiger partial charge in [-0.05, 0) is 36.6 Å². The van der Waals surface area contributed by atoms with Crippen molar-refractivity contribution < 1.29 is 23.9 Å².